The highest BCUT2D eigenvalue weighted by Gasteiger charge is 2.29. The zero-order chi connectivity index (χ0) is 16.2. The minimum Gasteiger partial charge on any atom is -0.353 e. The summed E-state index contributed by atoms with van der Waals surface area (Å²) in [5, 5.41) is 7.24. The van der Waals surface area contributed by atoms with Gasteiger partial charge in [-0.15, -0.1) is 0 Å². The number of rotatable bonds is 6. The lowest BCUT2D eigenvalue weighted by Gasteiger charge is -2.24. The van der Waals surface area contributed by atoms with Gasteiger partial charge in [-0.3, -0.25) is 9.69 Å². The molecule has 6 nitrogen and oxygen atoms in total. The van der Waals surface area contributed by atoms with Gasteiger partial charge in [0.15, 0.2) is 0 Å². The fraction of sp³-hybridized carbons (Fsp3) is 0.529. The highest BCUT2D eigenvalue weighted by Crippen LogP contribution is 2.31. The zero-order valence-corrected chi connectivity index (χ0v) is 13.9. The van der Waals surface area contributed by atoms with E-state index in [0.29, 0.717) is 12.6 Å². The fourth-order valence-corrected chi connectivity index (χ4v) is 3.37. The van der Waals surface area contributed by atoms with E-state index in [4.69, 9.17) is 0 Å². The second-order valence-electron chi connectivity index (χ2n) is 6.16. The molecule has 23 heavy (non-hydrogen) atoms. The highest BCUT2D eigenvalue weighted by atomic mass is 16.2. The number of hydrogen-bond donors (Lipinski definition) is 1. The molecule has 2 aromatic heterocycles. The van der Waals surface area contributed by atoms with Crippen molar-refractivity contribution < 1.29 is 4.79 Å². The number of amides is 1. The number of likely N-dealkylation sites (tertiary alicyclic amines) is 1. The van der Waals surface area contributed by atoms with Crippen LogP contribution in [0.4, 0.5) is 5.82 Å². The Hall–Kier alpha value is -2.08. The van der Waals surface area contributed by atoms with Gasteiger partial charge in [0.25, 0.3) is 0 Å². The molecule has 3 rings (SSSR count). The first-order chi connectivity index (χ1) is 11.2. The van der Waals surface area contributed by atoms with Gasteiger partial charge in [-0.1, -0.05) is 6.92 Å². The van der Waals surface area contributed by atoms with Gasteiger partial charge in [0.2, 0.25) is 5.91 Å². The van der Waals surface area contributed by atoms with Crippen LogP contribution in [0.3, 0.4) is 0 Å². The summed E-state index contributed by atoms with van der Waals surface area (Å²) in [6.45, 7) is 4.31. The first-order valence-corrected chi connectivity index (χ1v) is 8.36. The monoisotopic (exact) mass is 315 g/mol. The third-order valence-electron chi connectivity index (χ3n) is 4.46. The maximum absolute atomic E-state index is 12.4. The smallest absolute Gasteiger partial charge is 0.239 e. The van der Waals surface area contributed by atoms with Crippen LogP contribution >= 0.6 is 0 Å². The molecule has 3 heterocycles. The summed E-state index contributed by atoms with van der Waals surface area (Å²) in [7, 11) is 2.06. The van der Waals surface area contributed by atoms with Crippen LogP contribution in [0.5, 0.6) is 0 Å². The van der Waals surface area contributed by atoms with E-state index in [-0.39, 0.29) is 5.91 Å². The maximum atomic E-state index is 12.4. The van der Waals surface area contributed by atoms with E-state index in [2.05, 4.69) is 52.2 Å². The molecule has 0 spiro atoms. The van der Waals surface area contributed by atoms with Crippen LogP contribution in [0, 0.1) is 0 Å². The Bertz CT molecular complexity index is 659. The van der Waals surface area contributed by atoms with Crippen LogP contribution in [0.15, 0.2) is 30.6 Å². The van der Waals surface area contributed by atoms with Gasteiger partial charge in [-0.2, -0.15) is 5.10 Å². The summed E-state index contributed by atoms with van der Waals surface area (Å²) in [5.74, 6) is 0.815. The van der Waals surface area contributed by atoms with Crippen LogP contribution in [0.25, 0.3) is 0 Å². The fourth-order valence-electron chi connectivity index (χ4n) is 3.37. The molecule has 1 saturated heterocycles. The minimum atomic E-state index is 0.0314. The third kappa shape index (κ3) is 3.47. The van der Waals surface area contributed by atoms with E-state index in [1.165, 1.54) is 5.69 Å². The Balaban J connectivity index is 1.63. The van der Waals surface area contributed by atoms with Gasteiger partial charge in [0.1, 0.15) is 5.82 Å². The molecule has 0 unspecified atom stereocenters. The van der Waals surface area contributed by atoms with Crippen molar-refractivity contribution in [2.45, 2.75) is 38.8 Å². The van der Waals surface area contributed by atoms with E-state index in [1.54, 1.807) is 6.20 Å². The summed E-state index contributed by atoms with van der Waals surface area (Å²) in [4.78, 5) is 14.7. The summed E-state index contributed by atoms with van der Waals surface area (Å²) in [6, 6.07) is 6.40. The van der Waals surface area contributed by atoms with E-state index >= 15 is 0 Å². The second-order valence-corrected chi connectivity index (χ2v) is 6.16. The molecule has 6 heteroatoms. The van der Waals surface area contributed by atoms with Crippen LogP contribution in [0.1, 0.15) is 37.9 Å². The molecule has 124 valence electrons. The first kappa shape index (κ1) is 15.8. The molecule has 0 aromatic carbocycles. The maximum Gasteiger partial charge on any atom is 0.239 e. The number of nitrogens with zero attached hydrogens (tertiary/aromatic N) is 4. The zero-order valence-electron chi connectivity index (χ0n) is 13.9. The quantitative estimate of drug-likeness (QED) is 0.890. The average molecular weight is 315 g/mol. The average Bonchev–Trinajstić information content (AvgIpc) is 3.22. The lowest BCUT2D eigenvalue weighted by atomic mass is 10.1. The molecular formula is C17H25N5O. The molecule has 1 amide bonds. The van der Waals surface area contributed by atoms with Crippen molar-refractivity contribution in [2.24, 2.45) is 7.05 Å². The summed E-state index contributed by atoms with van der Waals surface area (Å²) < 4.78 is 3.99. The van der Waals surface area contributed by atoms with Gasteiger partial charge in [0, 0.05) is 31.5 Å². The van der Waals surface area contributed by atoms with E-state index in [0.717, 1.165) is 38.2 Å². The van der Waals surface area contributed by atoms with Crippen molar-refractivity contribution in [3.63, 3.8) is 0 Å². The summed E-state index contributed by atoms with van der Waals surface area (Å²) in [5.41, 5.74) is 1.28. The van der Waals surface area contributed by atoms with Crippen molar-refractivity contribution >= 4 is 11.7 Å². The van der Waals surface area contributed by atoms with Gasteiger partial charge in [0.05, 0.1) is 18.8 Å². The Kier molecular flexibility index (Phi) is 4.81. The molecule has 1 N–H and O–H groups in total. The SMILES string of the molecule is CCCn1nccc1NC(=O)CN1CCC[C@@H]1c1cccn1C. The first-order valence-electron chi connectivity index (χ1n) is 8.36. The highest BCUT2D eigenvalue weighted by molar-refractivity contribution is 5.91. The number of nitrogens with one attached hydrogen (secondary N) is 1. The number of aryl methyl sites for hydroxylation is 2. The second kappa shape index (κ2) is 7.00. The van der Waals surface area contributed by atoms with E-state index in [9.17, 15) is 4.79 Å². The van der Waals surface area contributed by atoms with Crippen molar-refractivity contribution in [2.75, 3.05) is 18.4 Å². The topological polar surface area (TPSA) is 55.1 Å². The third-order valence-corrected chi connectivity index (χ3v) is 4.46. The molecule has 1 aliphatic heterocycles. The van der Waals surface area contributed by atoms with Crippen LogP contribution in [-0.4, -0.2) is 38.2 Å². The van der Waals surface area contributed by atoms with E-state index in [1.807, 2.05) is 10.7 Å². The molecule has 2 aromatic rings. The molecule has 0 aliphatic carbocycles. The van der Waals surface area contributed by atoms with Crippen LogP contribution in [-0.2, 0) is 18.4 Å². The summed E-state index contributed by atoms with van der Waals surface area (Å²) in [6.07, 6.45) is 7.03. The van der Waals surface area contributed by atoms with E-state index < -0.39 is 0 Å². The lowest BCUT2D eigenvalue weighted by Crippen LogP contribution is -2.34. The van der Waals surface area contributed by atoms with Crippen molar-refractivity contribution in [3.8, 4) is 0 Å². The van der Waals surface area contributed by atoms with Crippen LogP contribution < -0.4 is 5.32 Å². The molecule has 0 radical (unpaired) electrons. The Labute approximate surface area is 137 Å². The Morgan fingerprint density at radius 2 is 2.30 bits per heavy atom. The van der Waals surface area contributed by atoms with Gasteiger partial charge < -0.3 is 9.88 Å². The number of aromatic nitrogens is 3. The number of anilines is 1. The summed E-state index contributed by atoms with van der Waals surface area (Å²) >= 11 is 0. The van der Waals surface area contributed by atoms with Gasteiger partial charge in [-0.05, 0) is 37.9 Å². The molecule has 0 saturated carbocycles. The molecule has 1 fully saturated rings. The van der Waals surface area contributed by atoms with Gasteiger partial charge >= 0.3 is 0 Å². The number of hydrogen-bond acceptors (Lipinski definition) is 3. The van der Waals surface area contributed by atoms with Crippen molar-refractivity contribution in [1.82, 2.24) is 19.2 Å². The molecule has 1 atom stereocenters. The lowest BCUT2D eigenvalue weighted by molar-refractivity contribution is -0.117. The Morgan fingerprint density at radius 3 is 3.04 bits per heavy atom. The standard InChI is InChI=1S/C17H25N5O/c1-3-10-22-16(8-9-18-22)19-17(23)13-21-12-5-7-15(21)14-6-4-11-20(14)2/h4,6,8-9,11,15H,3,5,7,10,12-13H2,1-2H3,(H,19,23)/t15-/m1/s1. The predicted octanol–water partition coefficient (Wildman–Crippen LogP) is 2.41. The largest absolute Gasteiger partial charge is 0.353 e. The molecule has 1 aliphatic rings. The predicted molar refractivity (Wildman–Crippen MR) is 90.1 cm³/mol. The van der Waals surface area contributed by atoms with Crippen molar-refractivity contribution in [3.05, 3.63) is 36.3 Å². The number of carbonyl (C=O) groups is 1. The van der Waals surface area contributed by atoms with Crippen molar-refractivity contribution in [1.29, 1.82) is 0 Å². The Morgan fingerprint density at radius 1 is 1.43 bits per heavy atom. The number of carbonyl (C=O) groups excluding carboxylic acids is 1. The molecule has 0 bridgehead atoms. The van der Waals surface area contributed by atoms with Gasteiger partial charge in [-0.25, -0.2) is 4.68 Å². The minimum absolute atomic E-state index is 0.0314. The van der Waals surface area contributed by atoms with Crippen LogP contribution in [0.2, 0.25) is 0 Å². The molecular weight excluding hydrogens is 290 g/mol. The normalized spacial score (nSPS) is 18.4.